The van der Waals surface area contributed by atoms with Crippen LogP contribution >= 0.6 is 0 Å². The monoisotopic (exact) mass is 222 g/mol. The molecule has 1 aromatic carbocycles. The number of carbonyl (C=O) groups excluding carboxylic acids is 1. The smallest absolute Gasteiger partial charge is 0.410 e. The number of rotatable bonds is 4. The van der Waals surface area contributed by atoms with E-state index in [1.54, 1.807) is 19.2 Å². The predicted octanol–water partition coefficient (Wildman–Crippen LogP) is 1.64. The minimum Gasteiger partial charge on any atom is -0.410 e. The predicted molar refractivity (Wildman–Crippen MR) is 63.5 cm³/mol. The second kappa shape index (κ2) is 6.12. The van der Waals surface area contributed by atoms with Gasteiger partial charge in [0.2, 0.25) is 0 Å². The number of carbonyl (C=O) groups is 1. The van der Waals surface area contributed by atoms with Crippen LogP contribution in [0.3, 0.4) is 0 Å². The summed E-state index contributed by atoms with van der Waals surface area (Å²) in [4.78, 5) is 13.0. The third-order valence-electron chi connectivity index (χ3n) is 2.31. The van der Waals surface area contributed by atoms with Crippen molar-refractivity contribution >= 4 is 6.09 Å². The minimum atomic E-state index is -0.380. The highest BCUT2D eigenvalue weighted by Gasteiger charge is 2.09. The van der Waals surface area contributed by atoms with Gasteiger partial charge in [-0.05, 0) is 24.1 Å². The summed E-state index contributed by atoms with van der Waals surface area (Å²) < 4.78 is 5.16. The molecule has 4 heteroatoms. The van der Waals surface area contributed by atoms with Crippen LogP contribution in [0.25, 0.3) is 0 Å². The summed E-state index contributed by atoms with van der Waals surface area (Å²) >= 11 is 0. The second-order valence-corrected chi connectivity index (χ2v) is 3.58. The summed E-state index contributed by atoms with van der Waals surface area (Å²) in [6.45, 7) is 3.00. The van der Waals surface area contributed by atoms with Crippen LogP contribution in [0.4, 0.5) is 4.79 Å². The molecule has 0 aromatic heterocycles. The summed E-state index contributed by atoms with van der Waals surface area (Å²) in [5.41, 5.74) is 6.57. The fraction of sp³-hybridized carbons (Fsp3) is 0.417. The van der Waals surface area contributed by atoms with Crippen LogP contribution in [0, 0.1) is 0 Å². The highest BCUT2D eigenvalue weighted by Crippen LogP contribution is 2.13. The summed E-state index contributed by atoms with van der Waals surface area (Å²) in [5, 5.41) is 0. The van der Waals surface area contributed by atoms with E-state index in [4.69, 9.17) is 10.5 Å². The van der Waals surface area contributed by atoms with Crippen molar-refractivity contribution in [1.29, 1.82) is 0 Å². The molecule has 16 heavy (non-hydrogen) atoms. The maximum Gasteiger partial charge on any atom is 0.415 e. The van der Waals surface area contributed by atoms with Crippen molar-refractivity contribution in [2.24, 2.45) is 5.73 Å². The van der Waals surface area contributed by atoms with Crippen molar-refractivity contribution in [3.63, 3.8) is 0 Å². The number of ether oxygens (including phenoxy) is 1. The van der Waals surface area contributed by atoms with Gasteiger partial charge in [0.1, 0.15) is 5.75 Å². The number of nitrogens with zero attached hydrogens (tertiary/aromatic N) is 1. The van der Waals surface area contributed by atoms with E-state index >= 15 is 0 Å². The molecule has 0 saturated carbocycles. The first-order chi connectivity index (χ1) is 7.67. The Balaban J connectivity index is 2.55. The first-order valence-electron chi connectivity index (χ1n) is 5.39. The van der Waals surface area contributed by atoms with E-state index in [9.17, 15) is 4.79 Å². The molecule has 88 valence electrons. The van der Waals surface area contributed by atoms with Crippen molar-refractivity contribution in [1.82, 2.24) is 4.90 Å². The van der Waals surface area contributed by atoms with Gasteiger partial charge in [0.25, 0.3) is 0 Å². The Kier molecular flexibility index (Phi) is 4.79. The SMILES string of the molecule is CCc1ccc(OC(=O)N(C)CCN)cc1. The normalized spacial score (nSPS) is 9.94. The number of likely N-dealkylation sites (N-methyl/N-ethyl adjacent to an activating group) is 1. The molecule has 0 unspecified atom stereocenters. The summed E-state index contributed by atoms with van der Waals surface area (Å²) in [7, 11) is 1.66. The standard InChI is InChI=1S/C12H18N2O2/c1-3-10-4-6-11(7-5-10)16-12(15)14(2)9-8-13/h4-7H,3,8-9,13H2,1-2H3. The fourth-order valence-corrected chi connectivity index (χ4v) is 1.26. The van der Waals surface area contributed by atoms with E-state index in [-0.39, 0.29) is 6.09 Å². The van der Waals surface area contributed by atoms with Crippen LogP contribution < -0.4 is 10.5 Å². The number of benzene rings is 1. The Morgan fingerprint density at radius 3 is 2.50 bits per heavy atom. The zero-order valence-corrected chi connectivity index (χ0v) is 9.77. The van der Waals surface area contributed by atoms with E-state index in [1.165, 1.54) is 10.5 Å². The van der Waals surface area contributed by atoms with Gasteiger partial charge in [-0.3, -0.25) is 0 Å². The maximum atomic E-state index is 11.5. The van der Waals surface area contributed by atoms with E-state index in [0.29, 0.717) is 18.8 Å². The molecule has 0 aliphatic rings. The number of nitrogens with two attached hydrogens (primary N) is 1. The number of amides is 1. The van der Waals surface area contributed by atoms with E-state index in [2.05, 4.69) is 6.92 Å². The van der Waals surface area contributed by atoms with Gasteiger partial charge in [-0.15, -0.1) is 0 Å². The molecule has 0 heterocycles. The van der Waals surface area contributed by atoms with E-state index < -0.39 is 0 Å². The highest BCUT2D eigenvalue weighted by molar-refractivity contribution is 5.70. The molecule has 1 amide bonds. The Bertz CT molecular complexity index is 335. The Morgan fingerprint density at radius 2 is 2.00 bits per heavy atom. The molecule has 0 saturated heterocycles. The molecule has 2 N–H and O–H groups in total. The van der Waals surface area contributed by atoms with Gasteiger partial charge in [0.15, 0.2) is 0 Å². The molecule has 0 aliphatic heterocycles. The topological polar surface area (TPSA) is 55.6 Å². The van der Waals surface area contributed by atoms with Crippen LogP contribution in [0.2, 0.25) is 0 Å². The Morgan fingerprint density at radius 1 is 1.38 bits per heavy atom. The Labute approximate surface area is 96.0 Å². The van der Waals surface area contributed by atoms with Crippen LogP contribution in [0.15, 0.2) is 24.3 Å². The van der Waals surface area contributed by atoms with Crippen molar-refractivity contribution in [2.45, 2.75) is 13.3 Å². The van der Waals surface area contributed by atoms with Gasteiger partial charge in [-0.25, -0.2) is 4.79 Å². The van der Waals surface area contributed by atoms with Gasteiger partial charge < -0.3 is 15.4 Å². The van der Waals surface area contributed by atoms with Gasteiger partial charge >= 0.3 is 6.09 Å². The lowest BCUT2D eigenvalue weighted by Crippen LogP contribution is -2.33. The molecule has 0 aliphatic carbocycles. The summed E-state index contributed by atoms with van der Waals surface area (Å²) in [5.74, 6) is 0.561. The largest absolute Gasteiger partial charge is 0.415 e. The van der Waals surface area contributed by atoms with Gasteiger partial charge in [0, 0.05) is 20.1 Å². The lowest BCUT2D eigenvalue weighted by Gasteiger charge is -2.15. The lowest BCUT2D eigenvalue weighted by molar-refractivity contribution is 0.164. The van der Waals surface area contributed by atoms with Gasteiger partial charge in [-0.1, -0.05) is 19.1 Å². The van der Waals surface area contributed by atoms with Crippen molar-refractivity contribution in [2.75, 3.05) is 20.1 Å². The van der Waals surface area contributed by atoms with Crippen LogP contribution in [0.5, 0.6) is 5.75 Å². The molecule has 0 fully saturated rings. The number of hydrogen-bond donors (Lipinski definition) is 1. The lowest BCUT2D eigenvalue weighted by atomic mass is 10.2. The average molecular weight is 222 g/mol. The molecule has 1 rings (SSSR count). The third-order valence-corrected chi connectivity index (χ3v) is 2.31. The molecule has 4 nitrogen and oxygen atoms in total. The molecule has 0 bridgehead atoms. The fourth-order valence-electron chi connectivity index (χ4n) is 1.26. The van der Waals surface area contributed by atoms with E-state index in [0.717, 1.165) is 6.42 Å². The average Bonchev–Trinajstić information content (AvgIpc) is 2.30. The third kappa shape index (κ3) is 3.55. The number of hydrogen-bond acceptors (Lipinski definition) is 3. The molecular formula is C12H18N2O2. The second-order valence-electron chi connectivity index (χ2n) is 3.58. The summed E-state index contributed by atoms with van der Waals surface area (Å²) in [6, 6.07) is 7.50. The molecule has 1 aromatic rings. The Hall–Kier alpha value is -1.55. The first-order valence-corrected chi connectivity index (χ1v) is 5.39. The van der Waals surface area contributed by atoms with Crippen molar-refractivity contribution in [3.8, 4) is 5.75 Å². The van der Waals surface area contributed by atoms with Crippen LogP contribution in [-0.4, -0.2) is 31.1 Å². The zero-order valence-electron chi connectivity index (χ0n) is 9.77. The van der Waals surface area contributed by atoms with E-state index in [1.807, 2.05) is 12.1 Å². The van der Waals surface area contributed by atoms with Gasteiger partial charge in [0.05, 0.1) is 0 Å². The van der Waals surface area contributed by atoms with Gasteiger partial charge in [-0.2, -0.15) is 0 Å². The van der Waals surface area contributed by atoms with Crippen LogP contribution in [0.1, 0.15) is 12.5 Å². The first kappa shape index (κ1) is 12.5. The zero-order chi connectivity index (χ0) is 12.0. The summed E-state index contributed by atoms with van der Waals surface area (Å²) in [6.07, 6.45) is 0.594. The molecule has 0 atom stereocenters. The minimum absolute atomic E-state index is 0.380. The molecule has 0 spiro atoms. The maximum absolute atomic E-state index is 11.5. The number of aryl methyl sites for hydroxylation is 1. The van der Waals surface area contributed by atoms with Crippen LogP contribution in [-0.2, 0) is 6.42 Å². The van der Waals surface area contributed by atoms with Crippen molar-refractivity contribution < 1.29 is 9.53 Å². The highest BCUT2D eigenvalue weighted by atomic mass is 16.6. The quantitative estimate of drug-likeness (QED) is 0.842. The van der Waals surface area contributed by atoms with Crippen molar-refractivity contribution in [3.05, 3.63) is 29.8 Å². The molecular weight excluding hydrogens is 204 g/mol. The molecule has 0 radical (unpaired) electrons.